The highest BCUT2D eigenvalue weighted by Crippen LogP contribution is 2.30. The van der Waals surface area contributed by atoms with Gasteiger partial charge in [0.15, 0.2) is 0 Å². The Morgan fingerprint density at radius 3 is 2.18 bits per heavy atom. The van der Waals surface area contributed by atoms with Crippen molar-refractivity contribution in [3.63, 3.8) is 0 Å². The summed E-state index contributed by atoms with van der Waals surface area (Å²) in [7, 11) is 0. The molecular weight excluding hydrogens is 138 g/mol. The fourth-order valence-electron chi connectivity index (χ4n) is 1.10. The van der Waals surface area contributed by atoms with Crippen molar-refractivity contribution in [1.82, 2.24) is 0 Å². The molecule has 0 spiro atoms. The second kappa shape index (κ2) is 4.94. The Morgan fingerprint density at radius 2 is 2.00 bits per heavy atom. The second-order valence-corrected chi connectivity index (χ2v) is 3.51. The molecule has 0 aromatic rings. The van der Waals surface area contributed by atoms with Gasteiger partial charge >= 0.3 is 0 Å². The largest absolute Gasteiger partial charge is 0.372 e. The molecule has 1 aliphatic carbocycles. The molecule has 0 aromatic carbocycles. The molecule has 0 saturated heterocycles. The number of primary amides is 1. The van der Waals surface area contributed by atoms with Gasteiger partial charge in [-0.05, 0) is 24.7 Å². The normalized spacial score (nSPS) is 19.8. The zero-order chi connectivity index (χ0) is 8.74. The first-order valence-electron chi connectivity index (χ1n) is 3.93. The van der Waals surface area contributed by atoms with Crippen molar-refractivity contribution < 1.29 is 4.79 Å². The molecule has 0 aromatic heterocycles. The van der Waals surface area contributed by atoms with Crippen molar-refractivity contribution in [3.05, 3.63) is 12.2 Å². The van der Waals surface area contributed by atoms with E-state index in [9.17, 15) is 0 Å². The Balaban J connectivity index is 0.000000292. The highest BCUT2D eigenvalue weighted by Gasteiger charge is 2.16. The number of nitrogens with two attached hydrogens (primary N) is 1. The van der Waals surface area contributed by atoms with E-state index in [1.807, 2.05) is 0 Å². The Bertz CT molecular complexity index is 138. The summed E-state index contributed by atoms with van der Waals surface area (Å²) in [6.07, 6.45) is 8.75. The molecule has 0 heterocycles. The van der Waals surface area contributed by atoms with Crippen LogP contribution in [-0.2, 0) is 4.79 Å². The van der Waals surface area contributed by atoms with Gasteiger partial charge in [-0.1, -0.05) is 26.0 Å². The lowest BCUT2D eigenvalue weighted by Crippen LogP contribution is -2.11. The van der Waals surface area contributed by atoms with Crippen molar-refractivity contribution in [3.8, 4) is 0 Å². The van der Waals surface area contributed by atoms with Gasteiger partial charge in [-0.25, -0.2) is 0 Å². The van der Waals surface area contributed by atoms with E-state index >= 15 is 0 Å². The molecule has 0 unspecified atom stereocenters. The molecule has 2 heteroatoms. The molecule has 0 aliphatic heterocycles. The maximum atomic E-state index is 8.58. The van der Waals surface area contributed by atoms with Crippen molar-refractivity contribution >= 4 is 6.41 Å². The van der Waals surface area contributed by atoms with E-state index in [-0.39, 0.29) is 6.41 Å². The first-order valence-corrected chi connectivity index (χ1v) is 3.93. The van der Waals surface area contributed by atoms with Crippen LogP contribution >= 0.6 is 0 Å². The van der Waals surface area contributed by atoms with Crippen LogP contribution < -0.4 is 5.73 Å². The monoisotopic (exact) mass is 155 g/mol. The van der Waals surface area contributed by atoms with Crippen LogP contribution in [0, 0.1) is 5.41 Å². The first-order chi connectivity index (χ1) is 5.12. The lowest BCUT2D eigenvalue weighted by Gasteiger charge is -2.24. The Labute approximate surface area is 68.5 Å². The SMILES string of the molecule is CC1(C)CC=CCC1.NC=O. The number of carbonyl (C=O) groups excluding carboxylic acids is 1. The molecule has 1 aliphatic rings. The summed E-state index contributed by atoms with van der Waals surface area (Å²) in [5.41, 5.74) is 4.76. The van der Waals surface area contributed by atoms with Gasteiger partial charge in [-0.2, -0.15) is 0 Å². The molecule has 0 bridgehead atoms. The molecule has 1 rings (SSSR count). The lowest BCUT2D eigenvalue weighted by atomic mass is 9.81. The fourth-order valence-corrected chi connectivity index (χ4v) is 1.10. The van der Waals surface area contributed by atoms with Crippen LogP contribution in [0.2, 0.25) is 0 Å². The number of amides is 1. The lowest BCUT2D eigenvalue weighted by molar-refractivity contribution is -0.106. The number of carbonyl (C=O) groups is 1. The van der Waals surface area contributed by atoms with Crippen molar-refractivity contribution in [2.45, 2.75) is 33.1 Å². The third kappa shape index (κ3) is 5.64. The van der Waals surface area contributed by atoms with Crippen LogP contribution in [0.1, 0.15) is 33.1 Å². The number of rotatable bonds is 0. The zero-order valence-electron chi connectivity index (χ0n) is 7.34. The smallest absolute Gasteiger partial charge is 0.204 e. The average Bonchev–Trinajstić information content (AvgIpc) is 1.88. The van der Waals surface area contributed by atoms with E-state index in [0.717, 1.165) is 0 Å². The average molecular weight is 155 g/mol. The van der Waals surface area contributed by atoms with E-state index in [1.54, 1.807) is 0 Å². The highest BCUT2D eigenvalue weighted by molar-refractivity contribution is 5.42. The minimum Gasteiger partial charge on any atom is -0.372 e. The molecule has 0 radical (unpaired) electrons. The molecule has 0 fully saturated rings. The van der Waals surface area contributed by atoms with Gasteiger partial charge in [0.2, 0.25) is 6.41 Å². The molecule has 2 N–H and O–H groups in total. The van der Waals surface area contributed by atoms with Crippen LogP contribution in [0.3, 0.4) is 0 Å². The first kappa shape index (κ1) is 10.2. The van der Waals surface area contributed by atoms with E-state index in [0.29, 0.717) is 5.41 Å². The quantitative estimate of drug-likeness (QED) is 0.421. The van der Waals surface area contributed by atoms with Crippen LogP contribution in [0.4, 0.5) is 0 Å². The third-order valence-corrected chi connectivity index (χ3v) is 1.82. The van der Waals surface area contributed by atoms with E-state index in [1.165, 1.54) is 19.3 Å². The Kier molecular flexibility index (Phi) is 4.59. The standard InChI is InChI=1S/C8H14.CH3NO/c1-8(2)6-4-3-5-7-8;2-1-3/h3-4H,5-7H2,1-2H3;1H,(H2,2,3). The van der Waals surface area contributed by atoms with Gasteiger partial charge in [-0.15, -0.1) is 0 Å². The molecule has 2 nitrogen and oxygen atoms in total. The van der Waals surface area contributed by atoms with Crippen molar-refractivity contribution in [2.24, 2.45) is 11.1 Å². The third-order valence-electron chi connectivity index (χ3n) is 1.82. The van der Waals surface area contributed by atoms with Gasteiger partial charge in [-0.3, -0.25) is 4.79 Å². The van der Waals surface area contributed by atoms with Gasteiger partial charge in [0, 0.05) is 0 Å². The topological polar surface area (TPSA) is 43.1 Å². The van der Waals surface area contributed by atoms with Gasteiger partial charge < -0.3 is 5.73 Å². The summed E-state index contributed by atoms with van der Waals surface area (Å²) in [5.74, 6) is 0. The number of allylic oxidation sites excluding steroid dienone is 2. The summed E-state index contributed by atoms with van der Waals surface area (Å²) in [4.78, 5) is 8.58. The predicted molar refractivity (Wildman–Crippen MR) is 47.0 cm³/mol. The molecule has 64 valence electrons. The van der Waals surface area contributed by atoms with Crippen molar-refractivity contribution in [2.75, 3.05) is 0 Å². The number of hydrogen-bond acceptors (Lipinski definition) is 1. The van der Waals surface area contributed by atoms with Crippen LogP contribution in [0.5, 0.6) is 0 Å². The Hall–Kier alpha value is -0.790. The minimum atomic E-state index is 0.250. The molecule has 1 amide bonds. The molecular formula is C9H17NO. The summed E-state index contributed by atoms with van der Waals surface area (Å²) in [5, 5.41) is 0. The Morgan fingerprint density at radius 1 is 1.45 bits per heavy atom. The molecule has 0 saturated carbocycles. The van der Waals surface area contributed by atoms with Crippen LogP contribution in [0.25, 0.3) is 0 Å². The highest BCUT2D eigenvalue weighted by atomic mass is 16.1. The van der Waals surface area contributed by atoms with E-state index < -0.39 is 0 Å². The summed E-state index contributed by atoms with van der Waals surface area (Å²) < 4.78 is 0. The van der Waals surface area contributed by atoms with Crippen LogP contribution in [-0.4, -0.2) is 6.41 Å². The molecule has 0 atom stereocenters. The van der Waals surface area contributed by atoms with Gasteiger partial charge in [0.25, 0.3) is 0 Å². The fraction of sp³-hybridized carbons (Fsp3) is 0.667. The minimum absolute atomic E-state index is 0.250. The molecule has 11 heavy (non-hydrogen) atoms. The maximum absolute atomic E-state index is 8.58. The van der Waals surface area contributed by atoms with Crippen LogP contribution in [0.15, 0.2) is 12.2 Å². The van der Waals surface area contributed by atoms with Gasteiger partial charge in [0.1, 0.15) is 0 Å². The second-order valence-electron chi connectivity index (χ2n) is 3.51. The summed E-state index contributed by atoms with van der Waals surface area (Å²) in [6.45, 7) is 4.66. The maximum Gasteiger partial charge on any atom is 0.204 e. The van der Waals surface area contributed by atoms with E-state index in [2.05, 4.69) is 31.7 Å². The van der Waals surface area contributed by atoms with E-state index in [4.69, 9.17) is 4.79 Å². The zero-order valence-corrected chi connectivity index (χ0v) is 7.34. The number of hydrogen-bond donors (Lipinski definition) is 1. The summed E-state index contributed by atoms with van der Waals surface area (Å²) >= 11 is 0. The predicted octanol–water partition coefficient (Wildman–Crippen LogP) is 1.85. The summed E-state index contributed by atoms with van der Waals surface area (Å²) in [6, 6.07) is 0. The van der Waals surface area contributed by atoms with Gasteiger partial charge in [0.05, 0.1) is 0 Å². The van der Waals surface area contributed by atoms with Crippen molar-refractivity contribution in [1.29, 1.82) is 0 Å².